The maximum atomic E-state index is 10.3. The topological polar surface area (TPSA) is 52.5 Å². The van der Waals surface area contributed by atoms with Gasteiger partial charge in [-0.25, -0.2) is 0 Å². The first-order valence-corrected chi connectivity index (χ1v) is 10.1. The number of hydrogen-bond acceptors (Lipinski definition) is 3. The summed E-state index contributed by atoms with van der Waals surface area (Å²) in [6, 6.07) is 23.4. The minimum atomic E-state index is -0.490. The Balaban J connectivity index is 0.00000205. The minimum Gasteiger partial charge on any atom is -0.391 e. The standard InChI is InChI=1S/C25H25NO2.ClH/c27-23-10-5-11-24(28)25(23)26-15-17-14-22-18-7-2-1-6-16(18)12-13-21(22)20-9-4-3-8-19(17)20;/h1-4,6-9,12-14,23-28H,5,10-11,15H2;1H. The Kier molecular flexibility index (Phi) is 5.75. The van der Waals surface area contributed by atoms with Crippen LogP contribution in [-0.4, -0.2) is 28.5 Å². The van der Waals surface area contributed by atoms with Crippen molar-refractivity contribution in [3.05, 3.63) is 72.3 Å². The van der Waals surface area contributed by atoms with Gasteiger partial charge < -0.3 is 15.5 Å². The third-order valence-corrected chi connectivity index (χ3v) is 6.21. The molecule has 0 amide bonds. The average molecular weight is 408 g/mol. The van der Waals surface area contributed by atoms with Crippen LogP contribution in [0.4, 0.5) is 0 Å². The second kappa shape index (κ2) is 8.29. The maximum Gasteiger partial charge on any atom is 0.0718 e. The summed E-state index contributed by atoms with van der Waals surface area (Å²) in [4.78, 5) is 0. The molecular weight excluding hydrogens is 382 g/mol. The normalized spacial score (nSPS) is 22.1. The van der Waals surface area contributed by atoms with E-state index < -0.39 is 12.2 Å². The molecule has 0 saturated heterocycles. The Morgan fingerprint density at radius 3 is 2.10 bits per heavy atom. The van der Waals surface area contributed by atoms with Crippen molar-refractivity contribution in [1.82, 2.24) is 5.32 Å². The van der Waals surface area contributed by atoms with Gasteiger partial charge in [-0.1, -0.05) is 60.7 Å². The van der Waals surface area contributed by atoms with E-state index in [0.29, 0.717) is 6.54 Å². The van der Waals surface area contributed by atoms with Crippen LogP contribution in [0.5, 0.6) is 0 Å². The van der Waals surface area contributed by atoms with Gasteiger partial charge in [-0.15, -0.1) is 12.4 Å². The third-order valence-electron chi connectivity index (χ3n) is 6.21. The molecule has 2 unspecified atom stereocenters. The molecule has 5 rings (SSSR count). The van der Waals surface area contributed by atoms with E-state index in [1.807, 2.05) is 0 Å². The highest BCUT2D eigenvalue weighted by Crippen LogP contribution is 2.33. The lowest BCUT2D eigenvalue weighted by atomic mass is 9.89. The third kappa shape index (κ3) is 3.60. The molecule has 3 nitrogen and oxygen atoms in total. The van der Waals surface area contributed by atoms with Gasteiger partial charge in [0.15, 0.2) is 0 Å². The molecule has 4 aromatic carbocycles. The van der Waals surface area contributed by atoms with Crippen LogP contribution in [0.25, 0.3) is 32.3 Å². The first-order chi connectivity index (χ1) is 13.7. The number of aliphatic hydroxyl groups excluding tert-OH is 2. The monoisotopic (exact) mass is 407 g/mol. The average Bonchev–Trinajstić information content (AvgIpc) is 2.73. The number of halogens is 1. The number of aliphatic hydroxyl groups is 2. The molecule has 0 bridgehead atoms. The summed E-state index contributed by atoms with van der Waals surface area (Å²) < 4.78 is 0. The summed E-state index contributed by atoms with van der Waals surface area (Å²) in [6.45, 7) is 0.623. The predicted molar refractivity (Wildman–Crippen MR) is 123 cm³/mol. The number of benzene rings is 4. The minimum absolute atomic E-state index is 0. The van der Waals surface area contributed by atoms with Crippen LogP contribution in [0, 0.1) is 0 Å². The highest BCUT2D eigenvalue weighted by Gasteiger charge is 2.30. The molecule has 0 aliphatic heterocycles. The largest absolute Gasteiger partial charge is 0.391 e. The van der Waals surface area contributed by atoms with E-state index >= 15 is 0 Å². The van der Waals surface area contributed by atoms with Crippen LogP contribution < -0.4 is 5.32 Å². The van der Waals surface area contributed by atoms with Gasteiger partial charge in [0.25, 0.3) is 0 Å². The molecule has 2 atom stereocenters. The maximum absolute atomic E-state index is 10.3. The number of rotatable bonds is 3. The van der Waals surface area contributed by atoms with Crippen molar-refractivity contribution < 1.29 is 10.2 Å². The Bertz CT molecular complexity index is 1150. The van der Waals surface area contributed by atoms with Crippen molar-refractivity contribution >= 4 is 44.7 Å². The Morgan fingerprint density at radius 1 is 0.724 bits per heavy atom. The summed E-state index contributed by atoms with van der Waals surface area (Å²) in [5.41, 5.74) is 1.20. The molecule has 0 heterocycles. The van der Waals surface area contributed by atoms with Gasteiger partial charge >= 0.3 is 0 Å². The van der Waals surface area contributed by atoms with Crippen molar-refractivity contribution in [1.29, 1.82) is 0 Å². The second-order valence-electron chi connectivity index (χ2n) is 7.94. The van der Waals surface area contributed by atoms with Crippen LogP contribution in [-0.2, 0) is 6.54 Å². The van der Waals surface area contributed by atoms with E-state index in [2.05, 4.69) is 72.0 Å². The van der Waals surface area contributed by atoms with Crippen molar-refractivity contribution in [2.45, 2.75) is 44.1 Å². The van der Waals surface area contributed by atoms with Gasteiger partial charge in [-0.2, -0.15) is 0 Å². The van der Waals surface area contributed by atoms with E-state index in [0.717, 1.165) is 19.3 Å². The number of nitrogens with one attached hydrogen (secondary N) is 1. The van der Waals surface area contributed by atoms with E-state index in [1.165, 1.54) is 37.9 Å². The molecule has 150 valence electrons. The Labute approximate surface area is 176 Å². The Morgan fingerprint density at radius 2 is 1.34 bits per heavy atom. The molecule has 29 heavy (non-hydrogen) atoms. The molecule has 0 aromatic heterocycles. The predicted octanol–water partition coefficient (Wildman–Crippen LogP) is 4.93. The van der Waals surface area contributed by atoms with Crippen molar-refractivity contribution in [3.63, 3.8) is 0 Å². The summed E-state index contributed by atoms with van der Waals surface area (Å²) >= 11 is 0. The second-order valence-corrected chi connectivity index (χ2v) is 7.94. The smallest absolute Gasteiger partial charge is 0.0718 e. The Hall–Kier alpha value is -2.17. The van der Waals surface area contributed by atoms with Crippen LogP contribution >= 0.6 is 12.4 Å². The van der Waals surface area contributed by atoms with Crippen molar-refractivity contribution in [3.8, 4) is 0 Å². The lowest BCUT2D eigenvalue weighted by Gasteiger charge is -2.33. The van der Waals surface area contributed by atoms with Crippen molar-refractivity contribution in [2.75, 3.05) is 0 Å². The van der Waals surface area contributed by atoms with Crippen LogP contribution in [0.1, 0.15) is 24.8 Å². The lowest BCUT2D eigenvalue weighted by molar-refractivity contribution is 0.000917. The van der Waals surface area contributed by atoms with Gasteiger partial charge in [0.2, 0.25) is 0 Å². The highest BCUT2D eigenvalue weighted by molar-refractivity contribution is 6.18. The van der Waals surface area contributed by atoms with Gasteiger partial charge in [-0.05, 0) is 63.2 Å². The highest BCUT2D eigenvalue weighted by atomic mass is 35.5. The lowest BCUT2D eigenvalue weighted by Crippen LogP contribution is -2.50. The van der Waals surface area contributed by atoms with E-state index in [-0.39, 0.29) is 18.4 Å². The fourth-order valence-electron chi connectivity index (χ4n) is 4.73. The quantitative estimate of drug-likeness (QED) is 0.422. The van der Waals surface area contributed by atoms with E-state index in [1.54, 1.807) is 0 Å². The molecule has 4 aromatic rings. The number of fused-ring (bicyclic) bond motifs is 5. The number of hydrogen-bond donors (Lipinski definition) is 3. The summed E-state index contributed by atoms with van der Waals surface area (Å²) in [6.07, 6.45) is 1.40. The van der Waals surface area contributed by atoms with Gasteiger partial charge in [0.1, 0.15) is 0 Å². The molecule has 3 N–H and O–H groups in total. The first kappa shape index (κ1) is 20.1. The summed E-state index contributed by atoms with van der Waals surface area (Å²) in [7, 11) is 0. The van der Waals surface area contributed by atoms with Gasteiger partial charge in [0, 0.05) is 6.54 Å². The molecule has 1 aliphatic rings. The molecule has 1 fully saturated rings. The first-order valence-electron chi connectivity index (χ1n) is 10.1. The summed E-state index contributed by atoms with van der Waals surface area (Å²) in [5.74, 6) is 0. The molecule has 1 saturated carbocycles. The molecule has 1 aliphatic carbocycles. The fraction of sp³-hybridized carbons (Fsp3) is 0.280. The van der Waals surface area contributed by atoms with E-state index in [9.17, 15) is 10.2 Å². The molecule has 0 spiro atoms. The molecule has 0 radical (unpaired) electrons. The summed E-state index contributed by atoms with van der Waals surface area (Å²) in [5, 5.41) is 31.5. The van der Waals surface area contributed by atoms with Crippen molar-refractivity contribution in [2.24, 2.45) is 0 Å². The van der Waals surface area contributed by atoms with Gasteiger partial charge in [-0.3, -0.25) is 0 Å². The van der Waals surface area contributed by atoms with Crippen LogP contribution in [0.15, 0.2) is 66.7 Å². The molecule has 4 heteroatoms. The zero-order chi connectivity index (χ0) is 19.1. The fourth-order valence-corrected chi connectivity index (χ4v) is 4.73. The van der Waals surface area contributed by atoms with Gasteiger partial charge in [0.05, 0.1) is 18.2 Å². The van der Waals surface area contributed by atoms with Crippen LogP contribution in [0.3, 0.4) is 0 Å². The molecular formula is C25H26ClNO2. The zero-order valence-electron chi connectivity index (χ0n) is 16.2. The zero-order valence-corrected chi connectivity index (χ0v) is 17.0. The SMILES string of the molecule is Cl.OC1CCCC(O)C1NCc1cc2c3ccccc3ccc2c2ccccc12. The van der Waals surface area contributed by atoms with Crippen LogP contribution in [0.2, 0.25) is 0 Å². The van der Waals surface area contributed by atoms with E-state index in [4.69, 9.17) is 0 Å².